The number of nitrogens with two attached hydrogens (primary N) is 1. The van der Waals surface area contributed by atoms with Crippen LogP contribution in [0.1, 0.15) is 28.8 Å². The Kier molecular flexibility index (Phi) is 6.36. The van der Waals surface area contributed by atoms with Crippen molar-refractivity contribution in [2.75, 3.05) is 40.3 Å². The van der Waals surface area contributed by atoms with Gasteiger partial charge in [0.2, 0.25) is 0 Å². The van der Waals surface area contributed by atoms with E-state index in [1.54, 1.807) is 0 Å². The molecule has 1 aliphatic heterocycles. The van der Waals surface area contributed by atoms with Gasteiger partial charge in [0.25, 0.3) is 5.91 Å². The molecule has 0 saturated carbocycles. The molecule has 5 heteroatoms. The first-order valence-corrected chi connectivity index (χ1v) is 8.04. The topological polar surface area (TPSA) is 61.6 Å². The molecule has 1 fully saturated rings. The maximum Gasteiger partial charge on any atom is 0.251 e. The molecule has 1 saturated heterocycles. The van der Waals surface area contributed by atoms with Crippen LogP contribution in [-0.4, -0.2) is 62.0 Å². The number of hydrogen-bond acceptors (Lipinski definition) is 4. The molecule has 5 nitrogen and oxygen atoms in total. The van der Waals surface area contributed by atoms with Gasteiger partial charge in [-0.3, -0.25) is 9.69 Å². The highest BCUT2D eigenvalue weighted by Gasteiger charge is 2.16. The summed E-state index contributed by atoms with van der Waals surface area (Å²) in [5.74, 6) is -0.00246. The van der Waals surface area contributed by atoms with E-state index in [2.05, 4.69) is 22.3 Å². The number of rotatable bonds is 6. The normalized spacial score (nSPS) is 16.9. The van der Waals surface area contributed by atoms with E-state index in [-0.39, 0.29) is 5.91 Å². The fourth-order valence-corrected chi connectivity index (χ4v) is 2.63. The minimum Gasteiger partial charge on any atom is -0.351 e. The average Bonchev–Trinajstić information content (AvgIpc) is 2.50. The molecule has 1 aliphatic rings. The zero-order valence-corrected chi connectivity index (χ0v) is 13.7. The number of nitrogens with one attached hydrogen (secondary N) is 1. The lowest BCUT2D eigenvalue weighted by atomic mass is 10.0. The van der Waals surface area contributed by atoms with Crippen LogP contribution in [0.2, 0.25) is 0 Å². The molecule has 0 atom stereocenters. The first-order valence-electron chi connectivity index (χ1n) is 8.04. The van der Waals surface area contributed by atoms with Gasteiger partial charge in [-0.1, -0.05) is 12.1 Å². The monoisotopic (exact) mass is 304 g/mol. The summed E-state index contributed by atoms with van der Waals surface area (Å²) < 4.78 is 0. The number of likely N-dealkylation sites (N-methyl/N-ethyl adjacent to an activating group) is 1. The van der Waals surface area contributed by atoms with Crippen LogP contribution in [-0.2, 0) is 6.54 Å². The summed E-state index contributed by atoms with van der Waals surface area (Å²) in [6.07, 6.45) is 2.15. The highest BCUT2D eigenvalue weighted by molar-refractivity contribution is 5.94. The molecule has 1 aromatic carbocycles. The fraction of sp³-hybridized carbons (Fsp3) is 0.588. The van der Waals surface area contributed by atoms with Gasteiger partial charge in [0.15, 0.2) is 0 Å². The van der Waals surface area contributed by atoms with Crippen molar-refractivity contribution in [3.8, 4) is 0 Å². The summed E-state index contributed by atoms with van der Waals surface area (Å²) in [6, 6.07) is 8.29. The number of carbonyl (C=O) groups is 1. The van der Waals surface area contributed by atoms with Crippen LogP contribution in [0, 0.1) is 0 Å². The number of piperidine rings is 1. The Bertz CT molecular complexity index is 464. The Hall–Kier alpha value is -1.43. The first-order chi connectivity index (χ1) is 10.5. The van der Waals surface area contributed by atoms with Crippen molar-refractivity contribution in [1.82, 2.24) is 15.1 Å². The van der Waals surface area contributed by atoms with E-state index in [4.69, 9.17) is 5.73 Å². The Balaban J connectivity index is 1.80. The zero-order valence-electron chi connectivity index (χ0n) is 13.7. The van der Waals surface area contributed by atoms with Crippen LogP contribution in [0.15, 0.2) is 24.3 Å². The molecule has 3 N–H and O–H groups in total. The van der Waals surface area contributed by atoms with Gasteiger partial charge >= 0.3 is 0 Å². The number of likely N-dealkylation sites (tertiary alicyclic amines) is 1. The highest BCUT2D eigenvalue weighted by atomic mass is 16.1. The van der Waals surface area contributed by atoms with Gasteiger partial charge in [-0.15, -0.1) is 0 Å². The van der Waals surface area contributed by atoms with E-state index in [0.29, 0.717) is 12.6 Å². The molecule has 0 unspecified atom stereocenters. The third kappa shape index (κ3) is 5.40. The second kappa shape index (κ2) is 8.27. The largest absolute Gasteiger partial charge is 0.351 e. The van der Waals surface area contributed by atoms with Gasteiger partial charge in [-0.25, -0.2) is 0 Å². The highest BCUT2D eigenvalue weighted by Crippen LogP contribution is 2.13. The molecule has 1 amide bonds. The summed E-state index contributed by atoms with van der Waals surface area (Å²) in [6.45, 7) is 4.58. The summed E-state index contributed by atoms with van der Waals surface area (Å²) >= 11 is 0. The quantitative estimate of drug-likeness (QED) is 0.820. The van der Waals surface area contributed by atoms with Crippen LogP contribution >= 0.6 is 0 Å². The van der Waals surface area contributed by atoms with E-state index in [1.807, 2.05) is 31.1 Å². The van der Waals surface area contributed by atoms with Gasteiger partial charge in [0.05, 0.1) is 0 Å². The van der Waals surface area contributed by atoms with Crippen molar-refractivity contribution >= 4 is 5.91 Å². The molecule has 0 spiro atoms. The lowest BCUT2D eigenvalue weighted by molar-refractivity contribution is 0.0951. The number of benzene rings is 1. The van der Waals surface area contributed by atoms with Crippen LogP contribution in [0.5, 0.6) is 0 Å². The van der Waals surface area contributed by atoms with Crippen LogP contribution in [0.25, 0.3) is 0 Å². The molecule has 22 heavy (non-hydrogen) atoms. The molecule has 0 bridgehead atoms. The van der Waals surface area contributed by atoms with E-state index in [0.717, 1.165) is 44.6 Å². The standard InChI is InChI=1S/C17H28N4O/c1-20(2)12-9-19-17(22)15-5-3-14(4-6-15)13-21-10-7-16(18)8-11-21/h3-6,16H,7-13,18H2,1-2H3,(H,19,22). The molecule has 0 aliphatic carbocycles. The number of hydrogen-bond donors (Lipinski definition) is 2. The predicted octanol–water partition coefficient (Wildman–Crippen LogP) is 0.901. The summed E-state index contributed by atoms with van der Waals surface area (Å²) in [7, 11) is 3.99. The molecule has 122 valence electrons. The number of carbonyl (C=O) groups excluding carboxylic acids is 1. The van der Waals surface area contributed by atoms with Crippen molar-refractivity contribution in [2.45, 2.75) is 25.4 Å². The Morgan fingerprint density at radius 2 is 1.91 bits per heavy atom. The third-order valence-electron chi connectivity index (χ3n) is 4.10. The van der Waals surface area contributed by atoms with Gasteiger partial charge in [-0.05, 0) is 57.7 Å². The van der Waals surface area contributed by atoms with Crippen LogP contribution in [0.3, 0.4) is 0 Å². The lowest BCUT2D eigenvalue weighted by Gasteiger charge is -2.30. The van der Waals surface area contributed by atoms with Gasteiger partial charge in [-0.2, -0.15) is 0 Å². The van der Waals surface area contributed by atoms with Crippen molar-refractivity contribution < 1.29 is 4.79 Å². The first kappa shape index (κ1) is 16.9. The van der Waals surface area contributed by atoms with Crippen LogP contribution < -0.4 is 11.1 Å². The maximum absolute atomic E-state index is 12.0. The minimum atomic E-state index is -0.00246. The molecular formula is C17H28N4O. The minimum absolute atomic E-state index is 0.00246. The van der Waals surface area contributed by atoms with Crippen LogP contribution in [0.4, 0.5) is 0 Å². The van der Waals surface area contributed by atoms with E-state index < -0.39 is 0 Å². The molecule has 1 heterocycles. The lowest BCUT2D eigenvalue weighted by Crippen LogP contribution is -2.39. The average molecular weight is 304 g/mol. The van der Waals surface area contributed by atoms with Gasteiger partial charge in [0.1, 0.15) is 0 Å². The second-order valence-corrected chi connectivity index (χ2v) is 6.37. The summed E-state index contributed by atoms with van der Waals surface area (Å²) in [5.41, 5.74) is 7.90. The summed E-state index contributed by atoms with van der Waals surface area (Å²) in [4.78, 5) is 16.5. The fourth-order valence-electron chi connectivity index (χ4n) is 2.63. The molecule has 0 aromatic heterocycles. The van der Waals surface area contributed by atoms with Gasteiger partial charge < -0.3 is 16.0 Å². The van der Waals surface area contributed by atoms with Crippen molar-refractivity contribution in [3.05, 3.63) is 35.4 Å². The van der Waals surface area contributed by atoms with Gasteiger partial charge in [0, 0.05) is 31.2 Å². The van der Waals surface area contributed by atoms with Crippen molar-refractivity contribution in [1.29, 1.82) is 0 Å². The Morgan fingerprint density at radius 1 is 1.27 bits per heavy atom. The number of nitrogens with zero attached hydrogens (tertiary/aromatic N) is 2. The zero-order chi connectivity index (χ0) is 15.9. The van der Waals surface area contributed by atoms with Crippen molar-refractivity contribution in [3.63, 3.8) is 0 Å². The van der Waals surface area contributed by atoms with Crippen molar-refractivity contribution in [2.24, 2.45) is 5.73 Å². The van der Waals surface area contributed by atoms with E-state index >= 15 is 0 Å². The maximum atomic E-state index is 12.0. The van der Waals surface area contributed by atoms with E-state index in [9.17, 15) is 4.79 Å². The predicted molar refractivity (Wildman–Crippen MR) is 89.8 cm³/mol. The molecule has 2 rings (SSSR count). The smallest absolute Gasteiger partial charge is 0.251 e. The Labute approximate surface area is 133 Å². The summed E-state index contributed by atoms with van der Waals surface area (Å²) in [5, 5.41) is 2.93. The Morgan fingerprint density at radius 3 is 2.50 bits per heavy atom. The number of amides is 1. The molecular weight excluding hydrogens is 276 g/mol. The second-order valence-electron chi connectivity index (χ2n) is 6.37. The SMILES string of the molecule is CN(C)CCNC(=O)c1ccc(CN2CCC(N)CC2)cc1. The van der Waals surface area contributed by atoms with E-state index in [1.165, 1.54) is 5.56 Å². The molecule has 0 radical (unpaired) electrons. The third-order valence-corrected chi connectivity index (χ3v) is 4.10. The molecule has 1 aromatic rings.